The van der Waals surface area contributed by atoms with Gasteiger partial charge in [-0.2, -0.15) is 0 Å². The fourth-order valence-electron chi connectivity index (χ4n) is 4.15. The molecule has 0 amide bonds. The first-order chi connectivity index (χ1) is 19.1. The Morgan fingerprint density at radius 2 is 0.872 bits per heavy atom. The summed E-state index contributed by atoms with van der Waals surface area (Å²) in [6.07, 6.45) is 0. The Morgan fingerprint density at radius 3 is 1.23 bits per heavy atom. The van der Waals surface area contributed by atoms with Crippen LogP contribution in [0.5, 0.6) is 34.5 Å². The maximum atomic E-state index is 6.04. The van der Waals surface area contributed by atoms with Gasteiger partial charge < -0.3 is 28.4 Å². The summed E-state index contributed by atoms with van der Waals surface area (Å²) < 4.78 is 39.7. The summed E-state index contributed by atoms with van der Waals surface area (Å²) in [5, 5.41) is 0. The molecule has 4 aromatic carbocycles. The van der Waals surface area contributed by atoms with Gasteiger partial charge in [-0.3, -0.25) is 0 Å². The van der Waals surface area contributed by atoms with Gasteiger partial charge in [0.25, 0.3) is 0 Å². The number of rotatable bonds is 12. The quantitative estimate of drug-likeness (QED) is 0.160. The van der Waals surface area contributed by atoms with Crippen molar-refractivity contribution in [1.82, 2.24) is 0 Å². The molecule has 0 aliphatic rings. The van der Waals surface area contributed by atoms with Gasteiger partial charge in [0.2, 0.25) is 0 Å². The maximum Gasteiger partial charge on any atom is 0.142 e. The average Bonchev–Trinajstić information content (AvgIpc) is 2.99. The molecule has 0 unspecified atom stereocenters. The van der Waals surface area contributed by atoms with Gasteiger partial charge in [0, 0.05) is 46.3 Å². The first kappa shape index (κ1) is 28.4. The Kier molecular flexibility index (Phi) is 9.75. The van der Waals surface area contributed by atoms with E-state index in [9.17, 15) is 0 Å². The van der Waals surface area contributed by atoms with Crippen molar-refractivity contribution in [3.8, 4) is 56.8 Å². The molecule has 0 N–H and O–H groups in total. The van der Waals surface area contributed by atoms with E-state index >= 15 is 0 Å². The highest BCUT2D eigenvalue weighted by Crippen LogP contribution is 2.47. The molecule has 9 heteroatoms. The molecule has 0 heterocycles. The lowest BCUT2D eigenvalue weighted by Gasteiger charge is -2.17. The Hall–Kier alpha value is -3.66. The van der Waals surface area contributed by atoms with Crippen molar-refractivity contribution in [2.45, 2.75) is 9.79 Å². The molecule has 4 aromatic rings. The zero-order chi connectivity index (χ0) is 27.8. The molecule has 0 aliphatic heterocycles. The van der Waals surface area contributed by atoms with E-state index in [4.69, 9.17) is 32.1 Å². The summed E-state index contributed by atoms with van der Waals surface area (Å²) in [7, 11) is 9.81. The number of para-hydroxylation sites is 2. The molecule has 0 fully saturated rings. The van der Waals surface area contributed by atoms with Crippen molar-refractivity contribution in [2.24, 2.45) is 0 Å². The second-order valence-electron chi connectivity index (χ2n) is 8.04. The number of methoxy groups -OCH3 is 6. The highest BCUT2D eigenvalue weighted by atomic mass is 32.2. The second kappa shape index (κ2) is 13.4. The van der Waals surface area contributed by atoms with Crippen molar-refractivity contribution in [3.63, 3.8) is 0 Å². The molecule has 0 bridgehead atoms. The summed E-state index contributed by atoms with van der Waals surface area (Å²) >= 11 is 2.40. The van der Waals surface area contributed by atoms with Crippen LogP contribution < -0.4 is 28.4 Å². The molecule has 7 nitrogen and oxygen atoms in total. The van der Waals surface area contributed by atoms with E-state index in [0.717, 1.165) is 43.5 Å². The fourth-order valence-corrected chi connectivity index (χ4v) is 5.68. The Morgan fingerprint density at radius 1 is 0.436 bits per heavy atom. The SMILES string of the molecule is COc1ccc(OC)c(-c2cccc(SOSc3cccc(-c4cc(OC)ccc4OC)c3OC)c2OC)c1. The Bertz CT molecular complexity index is 1320. The topological polar surface area (TPSA) is 64.6 Å². The molecule has 0 radical (unpaired) electrons. The first-order valence-corrected chi connectivity index (χ1v) is 13.4. The van der Waals surface area contributed by atoms with Gasteiger partial charge in [0.1, 0.15) is 34.5 Å². The Balaban J connectivity index is 1.62. The standard InChI is InChI=1S/C30H30O7S2/c1-31-19-13-15-25(33-3)23(17-19)21-9-7-11-27(29(21)35-5)38-37-39-28-12-8-10-22(30(28)36-6)24-18-20(32-2)14-16-26(24)34-4/h7-18H,1-6H3. The summed E-state index contributed by atoms with van der Waals surface area (Å²) in [5.41, 5.74) is 3.42. The highest BCUT2D eigenvalue weighted by Gasteiger charge is 2.19. The molecule has 0 aliphatic carbocycles. The number of benzene rings is 4. The lowest BCUT2D eigenvalue weighted by Crippen LogP contribution is -1.95. The zero-order valence-corrected chi connectivity index (χ0v) is 24.2. The maximum absolute atomic E-state index is 6.04. The molecule has 0 saturated carbocycles. The molecule has 204 valence electrons. The third kappa shape index (κ3) is 6.16. The van der Waals surface area contributed by atoms with Crippen molar-refractivity contribution in [3.05, 3.63) is 72.8 Å². The summed E-state index contributed by atoms with van der Waals surface area (Å²) in [4.78, 5) is 1.61. The Labute approximate surface area is 237 Å². The normalized spacial score (nSPS) is 10.6. The van der Waals surface area contributed by atoms with Gasteiger partial charge in [-0.15, -0.1) is 0 Å². The first-order valence-electron chi connectivity index (χ1n) is 11.9. The van der Waals surface area contributed by atoms with E-state index in [0.29, 0.717) is 23.0 Å². The van der Waals surface area contributed by atoms with E-state index in [1.165, 1.54) is 24.1 Å². The third-order valence-electron chi connectivity index (χ3n) is 6.01. The van der Waals surface area contributed by atoms with Crippen LogP contribution in [0, 0.1) is 0 Å². The van der Waals surface area contributed by atoms with Crippen molar-refractivity contribution >= 4 is 24.1 Å². The van der Waals surface area contributed by atoms with E-state index in [-0.39, 0.29) is 0 Å². The van der Waals surface area contributed by atoms with E-state index in [1.807, 2.05) is 72.8 Å². The van der Waals surface area contributed by atoms with Gasteiger partial charge in [0.05, 0.1) is 52.4 Å². The second-order valence-corrected chi connectivity index (χ2v) is 9.80. The van der Waals surface area contributed by atoms with Crippen LogP contribution in [-0.2, 0) is 3.63 Å². The number of ether oxygens (including phenoxy) is 6. The van der Waals surface area contributed by atoms with Crippen LogP contribution in [-0.4, -0.2) is 42.7 Å². The molecular weight excluding hydrogens is 536 g/mol. The van der Waals surface area contributed by atoms with Crippen LogP contribution in [0.2, 0.25) is 0 Å². The van der Waals surface area contributed by atoms with Gasteiger partial charge in [-0.05, 0) is 48.5 Å². The van der Waals surface area contributed by atoms with Crippen LogP contribution in [0.25, 0.3) is 22.3 Å². The summed E-state index contributed by atoms with van der Waals surface area (Å²) in [6, 6.07) is 23.0. The number of hydrogen-bond donors (Lipinski definition) is 0. The summed E-state index contributed by atoms with van der Waals surface area (Å²) in [5.74, 6) is 4.19. The van der Waals surface area contributed by atoms with E-state index in [1.54, 1.807) is 42.7 Å². The predicted molar refractivity (Wildman–Crippen MR) is 156 cm³/mol. The fraction of sp³-hybridized carbons (Fsp3) is 0.200. The van der Waals surface area contributed by atoms with Crippen LogP contribution in [0.1, 0.15) is 0 Å². The van der Waals surface area contributed by atoms with Gasteiger partial charge >= 0.3 is 0 Å². The van der Waals surface area contributed by atoms with Crippen molar-refractivity contribution in [2.75, 3.05) is 42.7 Å². The summed E-state index contributed by atoms with van der Waals surface area (Å²) in [6.45, 7) is 0. The molecule has 0 saturated heterocycles. The van der Waals surface area contributed by atoms with Crippen LogP contribution in [0.3, 0.4) is 0 Å². The minimum absolute atomic E-state index is 0.663. The third-order valence-corrected chi connectivity index (χ3v) is 7.55. The van der Waals surface area contributed by atoms with Crippen molar-refractivity contribution in [1.29, 1.82) is 0 Å². The van der Waals surface area contributed by atoms with Crippen LogP contribution in [0.4, 0.5) is 0 Å². The highest BCUT2D eigenvalue weighted by molar-refractivity contribution is 8.08. The van der Waals surface area contributed by atoms with Gasteiger partial charge in [-0.25, -0.2) is 3.63 Å². The predicted octanol–water partition coefficient (Wildman–Crippen LogP) is 7.80. The number of hydrogen-bond acceptors (Lipinski definition) is 9. The monoisotopic (exact) mass is 566 g/mol. The minimum Gasteiger partial charge on any atom is -0.497 e. The molecule has 0 spiro atoms. The zero-order valence-electron chi connectivity index (χ0n) is 22.6. The van der Waals surface area contributed by atoms with Crippen LogP contribution >= 0.6 is 24.1 Å². The van der Waals surface area contributed by atoms with Gasteiger partial charge in [0.15, 0.2) is 0 Å². The molecule has 4 rings (SSSR count). The van der Waals surface area contributed by atoms with E-state index < -0.39 is 0 Å². The molecule has 39 heavy (non-hydrogen) atoms. The molecular formula is C30H30O7S2. The lowest BCUT2D eigenvalue weighted by atomic mass is 10.0. The van der Waals surface area contributed by atoms with Crippen molar-refractivity contribution < 1.29 is 32.1 Å². The minimum atomic E-state index is 0.663. The largest absolute Gasteiger partial charge is 0.497 e. The van der Waals surface area contributed by atoms with E-state index in [2.05, 4.69) is 0 Å². The molecule has 0 aromatic heterocycles. The van der Waals surface area contributed by atoms with Gasteiger partial charge in [-0.1, -0.05) is 24.3 Å². The lowest BCUT2D eigenvalue weighted by molar-refractivity contribution is 0.399. The van der Waals surface area contributed by atoms with Crippen LogP contribution in [0.15, 0.2) is 82.6 Å². The average molecular weight is 567 g/mol. The smallest absolute Gasteiger partial charge is 0.142 e. The molecule has 0 atom stereocenters.